The molecule has 0 radical (unpaired) electrons. The fourth-order valence-electron chi connectivity index (χ4n) is 1.56. The van der Waals surface area contributed by atoms with Gasteiger partial charge < -0.3 is 0 Å². The van der Waals surface area contributed by atoms with Crippen LogP contribution in [0.4, 0.5) is 4.39 Å². The van der Waals surface area contributed by atoms with Crippen molar-refractivity contribution in [2.24, 2.45) is 5.84 Å². The lowest BCUT2D eigenvalue weighted by molar-refractivity contribution is 0.601. The van der Waals surface area contributed by atoms with Crippen molar-refractivity contribution in [1.82, 2.24) is 15.4 Å². The summed E-state index contributed by atoms with van der Waals surface area (Å²) in [6, 6.07) is 4.07. The summed E-state index contributed by atoms with van der Waals surface area (Å²) >= 11 is 3.37. The Kier molecular flexibility index (Phi) is 3.78. The second-order valence-electron chi connectivity index (χ2n) is 3.44. The molecule has 2 aromatic rings. The van der Waals surface area contributed by atoms with Crippen LogP contribution in [0.25, 0.3) is 0 Å². The van der Waals surface area contributed by atoms with Gasteiger partial charge in [-0.1, -0.05) is 15.9 Å². The maximum Gasteiger partial charge on any atom is 0.123 e. The highest BCUT2D eigenvalue weighted by Gasteiger charge is 2.16. The average molecular weight is 297 g/mol. The molecule has 1 aromatic heterocycles. The van der Waals surface area contributed by atoms with E-state index in [2.05, 4.69) is 31.3 Å². The van der Waals surface area contributed by atoms with Crippen LogP contribution in [0, 0.1) is 5.82 Å². The summed E-state index contributed by atoms with van der Waals surface area (Å²) in [5.74, 6) is 5.19. The smallest absolute Gasteiger partial charge is 0.123 e. The standard InChI is InChI=1S/C11H10BrFN4/c12-10-2-1-8(13)3-9(10)11(17-14)7-4-15-6-16-5-7/h1-6,11,17H,14H2. The highest BCUT2D eigenvalue weighted by atomic mass is 79.9. The zero-order valence-electron chi connectivity index (χ0n) is 8.77. The van der Waals surface area contributed by atoms with E-state index in [1.807, 2.05) is 0 Å². The normalized spacial score (nSPS) is 12.4. The van der Waals surface area contributed by atoms with E-state index in [-0.39, 0.29) is 11.9 Å². The van der Waals surface area contributed by atoms with E-state index in [4.69, 9.17) is 5.84 Å². The minimum Gasteiger partial charge on any atom is -0.271 e. The molecule has 1 unspecified atom stereocenters. The molecular formula is C11H10BrFN4. The lowest BCUT2D eigenvalue weighted by atomic mass is 10.0. The van der Waals surface area contributed by atoms with Crippen molar-refractivity contribution in [3.05, 3.63) is 58.3 Å². The molecule has 4 nitrogen and oxygen atoms in total. The predicted octanol–water partition coefficient (Wildman–Crippen LogP) is 1.93. The fraction of sp³-hybridized carbons (Fsp3) is 0.0909. The zero-order valence-corrected chi connectivity index (χ0v) is 10.4. The Morgan fingerprint density at radius 3 is 2.65 bits per heavy atom. The van der Waals surface area contributed by atoms with Gasteiger partial charge in [-0.15, -0.1) is 0 Å². The third kappa shape index (κ3) is 2.66. The number of rotatable bonds is 3. The van der Waals surface area contributed by atoms with E-state index in [9.17, 15) is 4.39 Å². The zero-order chi connectivity index (χ0) is 12.3. The molecule has 0 fully saturated rings. The Bertz CT molecular complexity index is 506. The SMILES string of the molecule is NNC(c1cncnc1)c1cc(F)ccc1Br. The van der Waals surface area contributed by atoms with Crippen molar-refractivity contribution >= 4 is 15.9 Å². The molecule has 1 aromatic carbocycles. The number of benzene rings is 1. The number of nitrogens with one attached hydrogen (secondary N) is 1. The fourth-order valence-corrected chi connectivity index (χ4v) is 2.04. The molecular weight excluding hydrogens is 287 g/mol. The molecule has 17 heavy (non-hydrogen) atoms. The molecule has 2 rings (SSSR count). The van der Waals surface area contributed by atoms with Crippen LogP contribution < -0.4 is 11.3 Å². The monoisotopic (exact) mass is 296 g/mol. The Hall–Kier alpha value is -1.37. The summed E-state index contributed by atoms with van der Waals surface area (Å²) in [4.78, 5) is 7.83. The van der Waals surface area contributed by atoms with Gasteiger partial charge in [-0.05, 0) is 23.8 Å². The highest BCUT2D eigenvalue weighted by molar-refractivity contribution is 9.10. The van der Waals surface area contributed by atoms with E-state index < -0.39 is 0 Å². The molecule has 1 heterocycles. The van der Waals surface area contributed by atoms with Crippen LogP contribution in [0.3, 0.4) is 0 Å². The van der Waals surface area contributed by atoms with Crippen LogP contribution in [0.15, 0.2) is 41.4 Å². The summed E-state index contributed by atoms with van der Waals surface area (Å²) < 4.78 is 14.0. The van der Waals surface area contributed by atoms with Gasteiger partial charge >= 0.3 is 0 Å². The van der Waals surface area contributed by atoms with Gasteiger partial charge in [0, 0.05) is 22.4 Å². The van der Waals surface area contributed by atoms with Crippen molar-refractivity contribution in [3.8, 4) is 0 Å². The van der Waals surface area contributed by atoms with E-state index >= 15 is 0 Å². The van der Waals surface area contributed by atoms with Crippen LogP contribution in [-0.2, 0) is 0 Å². The summed E-state index contributed by atoms with van der Waals surface area (Å²) in [7, 11) is 0. The minimum atomic E-state index is -0.360. The van der Waals surface area contributed by atoms with Gasteiger partial charge in [0.15, 0.2) is 0 Å². The molecule has 1 atom stereocenters. The van der Waals surface area contributed by atoms with Gasteiger partial charge in [0.05, 0.1) is 6.04 Å². The quantitative estimate of drug-likeness (QED) is 0.671. The maximum absolute atomic E-state index is 13.2. The van der Waals surface area contributed by atoms with Gasteiger partial charge in [0.25, 0.3) is 0 Å². The number of hydrogen-bond acceptors (Lipinski definition) is 4. The summed E-state index contributed by atoms with van der Waals surface area (Å²) in [6.07, 6.45) is 4.70. The molecule has 0 saturated heterocycles. The van der Waals surface area contributed by atoms with Crippen molar-refractivity contribution in [1.29, 1.82) is 0 Å². The van der Waals surface area contributed by atoms with Crippen LogP contribution >= 0.6 is 15.9 Å². The van der Waals surface area contributed by atoms with Crippen LogP contribution in [-0.4, -0.2) is 9.97 Å². The molecule has 0 spiro atoms. The van der Waals surface area contributed by atoms with Crippen molar-refractivity contribution in [2.45, 2.75) is 6.04 Å². The molecule has 0 saturated carbocycles. The minimum absolute atomic E-state index is 0.319. The van der Waals surface area contributed by atoms with Crippen LogP contribution in [0.5, 0.6) is 0 Å². The first-order valence-electron chi connectivity index (χ1n) is 4.88. The molecule has 3 N–H and O–H groups in total. The number of hydrazine groups is 1. The van der Waals surface area contributed by atoms with Gasteiger partial charge in [-0.25, -0.2) is 19.8 Å². The molecule has 0 aliphatic carbocycles. The lowest BCUT2D eigenvalue weighted by Crippen LogP contribution is -2.29. The van der Waals surface area contributed by atoms with E-state index in [1.54, 1.807) is 18.5 Å². The highest BCUT2D eigenvalue weighted by Crippen LogP contribution is 2.28. The topological polar surface area (TPSA) is 63.8 Å². The Morgan fingerprint density at radius 1 is 1.29 bits per heavy atom. The summed E-state index contributed by atoms with van der Waals surface area (Å²) in [5, 5.41) is 0. The molecule has 6 heteroatoms. The van der Waals surface area contributed by atoms with E-state index in [0.717, 1.165) is 10.0 Å². The lowest BCUT2D eigenvalue weighted by Gasteiger charge is -2.17. The van der Waals surface area contributed by atoms with Crippen molar-refractivity contribution in [3.63, 3.8) is 0 Å². The first kappa shape index (κ1) is 12.1. The number of aromatic nitrogens is 2. The van der Waals surface area contributed by atoms with Gasteiger partial charge in [0.1, 0.15) is 12.1 Å². The molecule has 0 aliphatic heterocycles. The predicted molar refractivity (Wildman–Crippen MR) is 65.3 cm³/mol. The molecule has 0 aliphatic rings. The van der Waals surface area contributed by atoms with Gasteiger partial charge in [-0.2, -0.15) is 0 Å². The van der Waals surface area contributed by atoms with Gasteiger partial charge in [0.2, 0.25) is 0 Å². The summed E-state index contributed by atoms with van der Waals surface area (Å²) in [5.41, 5.74) is 4.09. The van der Waals surface area contributed by atoms with Crippen molar-refractivity contribution < 1.29 is 4.39 Å². The first-order chi connectivity index (χ1) is 8.22. The average Bonchev–Trinajstić information content (AvgIpc) is 2.36. The number of hydrogen-bond donors (Lipinski definition) is 2. The molecule has 0 bridgehead atoms. The summed E-state index contributed by atoms with van der Waals surface area (Å²) in [6.45, 7) is 0. The number of nitrogens with two attached hydrogens (primary N) is 1. The third-order valence-corrected chi connectivity index (χ3v) is 3.07. The second-order valence-corrected chi connectivity index (χ2v) is 4.29. The largest absolute Gasteiger partial charge is 0.271 e. The first-order valence-corrected chi connectivity index (χ1v) is 5.67. The van der Waals surface area contributed by atoms with E-state index in [1.165, 1.54) is 18.5 Å². The van der Waals surface area contributed by atoms with Gasteiger partial charge in [-0.3, -0.25) is 5.84 Å². The third-order valence-electron chi connectivity index (χ3n) is 2.35. The Morgan fingerprint density at radius 2 is 2.00 bits per heavy atom. The number of nitrogens with zero attached hydrogens (tertiary/aromatic N) is 2. The Labute approximate surface area is 106 Å². The van der Waals surface area contributed by atoms with Crippen molar-refractivity contribution in [2.75, 3.05) is 0 Å². The number of halogens is 2. The van der Waals surface area contributed by atoms with E-state index in [0.29, 0.717) is 5.56 Å². The van der Waals surface area contributed by atoms with Crippen LogP contribution in [0.2, 0.25) is 0 Å². The second kappa shape index (κ2) is 5.31. The molecule has 0 amide bonds. The molecule has 88 valence electrons. The maximum atomic E-state index is 13.2. The van der Waals surface area contributed by atoms with Crippen LogP contribution in [0.1, 0.15) is 17.2 Å². The Balaban J connectivity index is 2.46.